The minimum atomic E-state index is -0.685. The molecular weight excluding hydrogens is 158 g/mol. The van der Waals surface area contributed by atoms with Gasteiger partial charge < -0.3 is 16.8 Å². The number of nitrogens with two attached hydrogens (primary N) is 2. The fourth-order valence-corrected chi connectivity index (χ4v) is 1.07. The quantitative estimate of drug-likeness (QED) is 0.436. The first-order valence-corrected chi connectivity index (χ1v) is 3.66. The van der Waals surface area contributed by atoms with E-state index in [0.29, 0.717) is 13.0 Å². The third-order valence-electron chi connectivity index (χ3n) is 1.76. The Morgan fingerprint density at radius 3 is 2.67 bits per heavy atom. The van der Waals surface area contributed by atoms with E-state index in [9.17, 15) is 9.59 Å². The topological polar surface area (TPSA) is 98.2 Å². The fraction of sp³-hybridized carbons (Fsp3) is 0.429. The molecule has 0 aliphatic carbocycles. The van der Waals surface area contributed by atoms with Crippen molar-refractivity contribution in [2.75, 3.05) is 6.54 Å². The Morgan fingerprint density at radius 2 is 2.25 bits per heavy atom. The molecule has 1 aliphatic heterocycles. The van der Waals surface area contributed by atoms with Crippen LogP contribution in [0.3, 0.4) is 0 Å². The first kappa shape index (κ1) is 8.58. The van der Waals surface area contributed by atoms with Crippen LogP contribution >= 0.6 is 0 Å². The molecule has 0 aromatic heterocycles. The summed E-state index contributed by atoms with van der Waals surface area (Å²) in [5.41, 5.74) is 10.1. The standard InChI is InChI=1S/C7H11N3O2/c8-5(6(9)11)3-4-1-2-10-7(4)12/h3-4H,1-2,8H2,(H2,9,11)(H,10,12)/b5-3-/t4-/m0/s1. The molecule has 5 nitrogen and oxygen atoms in total. The van der Waals surface area contributed by atoms with Crippen LogP contribution in [0.5, 0.6) is 0 Å². The Kier molecular flexibility index (Phi) is 2.32. The summed E-state index contributed by atoms with van der Waals surface area (Å²) in [6.45, 7) is 0.631. The molecule has 0 aromatic carbocycles. The van der Waals surface area contributed by atoms with Crippen molar-refractivity contribution in [3.8, 4) is 0 Å². The van der Waals surface area contributed by atoms with Gasteiger partial charge >= 0.3 is 0 Å². The number of hydrogen-bond donors (Lipinski definition) is 3. The highest BCUT2D eigenvalue weighted by molar-refractivity contribution is 5.92. The first-order chi connectivity index (χ1) is 5.61. The van der Waals surface area contributed by atoms with Crippen molar-refractivity contribution in [3.05, 3.63) is 11.8 Å². The van der Waals surface area contributed by atoms with Gasteiger partial charge in [-0.2, -0.15) is 0 Å². The average molecular weight is 169 g/mol. The van der Waals surface area contributed by atoms with Gasteiger partial charge in [0.05, 0.1) is 11.6 Å². The van der Waals surface area contributed by atoms with Crippen LogP contribution in [0.4, 0.5) is 0 Å². The predicted octanol–water partition coefficient (Wildman–Crippen LogP) is -1.55. The molecule has 1 saturated heterocycles. The molecule has 0 saturated carbocycles. The molecule has 1 aliphatic rings. The maximum Gasteiger partial charge on any atom is 0.264 e. The fourth-order valence-electron chi connectivity index (χ4n) is 1.07. The largest absolute Gasteiger partial charge is 0.395 e. The molecule has 1 rings (SSSR count). The van der Waals surface area contributed by atoms with Gasteiger partial charge in [-0.05, 0) is 12.5 Å². The maximum absolute atomic E-state index is 11.0. The zero-order chi connectivity index (χ0) is 9.14. The average Bonchev–Trinajstić information content (AvgIpc) is 2.36. The molecule has 1 atom stereocenters. The summed E-state index contributed by atoms with van der Waals surface area (Å²) in [5, 5.41) is 2.62. The summed E-state index contributed by atoms with van der Waals surface area (Å²) in [6, 6.07) is 0. The summed E-state index contributed by atoms with van der Waals surface area (Å²) in [6.07, 6.45) is 2.08. The molecule has 1 fully saturated rings. The molecule has 12 heavy (non-hydrogen) atoms. The molecule has 0 bridgehead atoms. The molecule has 0 aromatic rings. The number of amides is 2. The SMILES string of the molecule is NC(=O)/C(N)=C/[C@@H]1CCNC1=O. The van der Waals surface area contributed by atoms with Gasteiger partial charge in [-0.15, -0.1) is 0 Å². The molecule has 5 N–H and O–H groups in total. The van der Waals surface area contributed by atoms with Gasteiger partial charge in [0.25, 0.3) is 5.91 Å². The molecule has 0 spiro atoms. The van der Waals surface area contributed by atoms with E-state index in [1.54, 1.807) is 0 Å². The highest BCUT2D eigenvalue weighted by Gasteiger charge is 2.22. The molecule has 0 unspecified atom stereocenters. The number of hydrogen-bond acceptors (Lipinski definition) is 3. The molecule has 66 valence electrons. The smallest absolute Gasteiger partial charge is 0.264 e. The molecule has 0 radical (unpaired) electrons. The summed E-state index contributed by atoms with van der Waals surface area (Å²) in [7, 11) is 0. The van der Waals surface area contributed by atoms with Crippen LogP contribution in [0.1, 0.15) is 6.42 Å². The summed E-state index contributed by atoms with van der Waals surface area (Å²) in [4.78, 5) is 21.5. The van der Waals surface area contributed by atoms with E-state index < -0.39 is 5.91 Å². The minimum Gasteiger partial charge on any atom is -0.395 e. The summed E-state index contributed by atoms with van der Waals surface area (Å²) in [5.74, 6) is -1.08. The Morgan fingerprint density at radius 1 is 1.58 bits per heavy atom. The highest BCUT2D eigenvalue weighted by atomic mass is 16.2. The van der Waals surface area contributed by atoms with Crippen molar-refractivity contribution in [2.45, 2.75) is 6.42 Å². The van der Waals surface area contributed by atoms with Gasteiger partial charge in [0, 0.05) is 6.54 Å². The monoisotopic (exact) mass is 169 g/mol. The van der Waals surface area contributed by atoms with Gasteiger partial charge in [-0.25, -0.2) is 0 Å². The summed E-state index contributed by atoms with van der Waals surface area (Å²) >= 11 is 0. The second-order valence-corrected chi connectivity index (χ2v) is 2.67. The van der Waals surface area contributed by atoms with Crippen LogP contribution in [0, 0.1) is 5.92 Å². The van der Waals surface area contributed by atoms with Crippen LogP contribution in [0.2, 0.25) is 0 Å². The number of carbonyl (C=O) groups excluding carboxylic acids is 2. The third-order valence-corrected chi connectivity index (χ3v) is 1.76. The van der Waals surface area contributed by atoms with Crippen LogP contribution < -0.4 is 16.8 Å². The normalized spacial score (nSPS) is 23.8. The highest BCUT2D eigenvalue weighted by Crippen LogP contribution is 2.11. The number of nitrogens with one attached hydrogen (secondary N) is 1. The van der Waals surface area contributed by atoms with Crippen LogP contribution in [0.15, 0.2) is 11.8 Å². The van der Waals surface area contributed by atoms with Crippen molar-refractivity contribution in [2.24, 2.45) is 17.4 Å². The predicted molar refractivity (Wildman–Crippen MR) is 42.6 cm³/mol. The van der Waals surface area contributed by atoms with Crippen molar-refractivity contribution >= 4 is 11.8 Å². The Hall–Kier alpha value is -1.52. The number of primary amides is 1. The lowest BCUT2D eigenvalue weighted by molar-refractivity contribution is -0.121. The van der Waals surface area contributed by atoms with Crippen molar-refractivity contribution in [3.63, 3.8) is 0 Å². The van der Waals surface area contributed by atoms with Crippen molar-refractivity contribution in [1.29, 1.82) is 0 Å². The van der Waals surface area contributed by atoms with Crippen LogP contribution in [-0.2, 0) is 9.59 Å². The van der Waals surface area contributed by atoms with E-state index in [1.165, 1.54) is 6.08 Å². The van der Waals surface area contributed by atoms with E-state index in [4.69, 9.17) is 11.5 Å². The van der Waals surface area contributed by atoms with E-state index >= 15 is 0 Å². The number of rotatable bonds is 2. The summed E-state index contributed by atoms with van der Waals surface area (Å²) < 4.78 is 0. The van der Waals surface area contributed by atoms with Crippen molar-refractivity contribution < 1.29 is 9.59 Å². The van der Waals surface area contributed by atoms with Gasteiger partial charge in [-0.3, -0.25) is 9.59 Å². The van der Waals surface area contributed by atoms with E-state index in [-0.39, 0.29) is 17.5 Å². The molecule has 2 amide bonds. The molecular formula is C7H11N3O2. The van der Waals surface area contributed by atoms with E-state index in [2.05, 4.69) is 5.32 Å². The van der Waals surface area contributed by atoms with Gasteiger partial charge in [0.2, 0.25) is 5.91 Å². The minimum absolute atomic E-state index is 0.0444. The number of carbonyl (C=O) groups is 2. The zero-order valence-electron chi connectivity index (χ0n) is 6.54. The lowest BCUT2D eigenvalue weighted by atomic mass is 10.1. The third kappa shape index (κ3) is 1.75. The lowest BCUT2D eigenvalue weighted by Gasteiger charge is -1.99. The second-order valence-electron chi connectivity index (χ2n) is 2.67. The first-order valence-electron chi connectivity index (χ1n) is 3.66. The van der Waals surface area contributed by atoms with Gasteiger partial charge in [0.1, 0.15) is 0 Å². The Bertz CT molecular complexity index is 247. The van der Waals surface area contributed by atoms with Gasteiger partial charge in [-0.1, -0.05) is 0 Å². The molecule has 1 heterocycles. The lowest BCUT2D eigenvalue weighted by Crippen LogP contribution is -2.23. The van der Waals surface area contributed by atoms with E-state index in [0.717, 1.165) is 0 Å². The Balaban J connectivity index is 2.66. The zero-order valence-corrected chi connectivity index (χ0v) is 6.54. The second kappa shape index (κ2) is 3.25. The Labute approximate surface area is 69.8 Å². The van der Waals surface area contributed by atoms with E-state index in [1.807, 2.05) is 0 Å². The maximum atomic E-state index is 11.0. The van der Waals surface area contributed by atoms with Gasteiger partial charge in [0.15, 0.2) is 0 Å². The van der Waals surface area contributed by atoms with Crippen molar-refractivity contribution in [1.82, 2.24) is 5.32 Å². The van der Waals surface area contributed by atoms with Crippen LogP contribution in [-0.4, -0.2) is 18.4 Å². The van der Waals surface area contributed by atoms with Crippen LogP contribution in [0.25, 0.3) is 0 Å². The molecule has 5 heteroatoms.